The number of carboxylic acids is 1. The summed E-state index contributed by atoms with van der Waals surface area (Å²) in [5.74, 6) is -0.817. The van der Waals surface area contributed by atoms with E-state index in [1.54, 1.807) is 0 Å². The zero-order valence-electron chi connectivity index (χ0n) is 11.3. The molecule has 1 aliphatic heterocycles. The van der Waals surface area contributed by atoms with Crippen LogP contribution in [0.5, 0.6) is 0 Å². The molecular weight excluding hydrogens is 250 g/mol. The number of benzene rings is 2. The Bertz CT molecular complexity index is 637. The summed E-state index contributed by atoms with van der Waals surface area (Å²) < 4.78 is 0. The smallest absolute Gasteiger partial charge is 0.325 e. The minimum Gasteiger partial charge on any atom is -0.480 e. The summed E-state index contributed by atoms with van der Waals surface area (Å²) in [5.41, 5.74) is 4.19. The van der Waals surface area contributed by atoms with Gasteiger partial charge in [0.05, 0.1) is 0 Å². The molecule has 3 rings (SSSR count). The number of aliphatic carboxylic acids is 1. The largest absolute Gasteiger partial charge is 0.480 e. The van der Waals surface area contributed by atoms with Crippen molar-refractivity contribution >= 4 is 5.97 Å². The van der Waals surface area contributed by atoms with E-state index in [1.165, 1.54) is 0 Å². The maximum absolute atomic E-state index is 11.4. The van der Waals surface area contributed by atoms with Crippen LogP contribution in [0.25, 0.3) is 11.1 Å². The van der Waals surface area contributed by atoms with Crippen molar-refractivity contribution in [2.75, 3.05) is 0 Å². The van der Waals surface area contributed by atoms with Crippen molar-refractivity contribution in [3.63, 3.8) is 0 Å². The fraction of sp³-hybridized carbons (Fsp3) is 0.235. The van der Waals surface area contributed by atoms with Crippen LogP contribution in [0, 0.1) is 0 Å². The summed E-state index contributed by atoms with van der Waals surface area (Å²) in [4.78, 5) is 11.4. The molecule has 2 aromatic carbocycles. The maximum atomic E-state index is 11.4. The molecule has 0 radical (unpaired) electrons. The van der Waals surface area contributed by atoms with Gasteiger partial charge in [0, 0.05) is 6.04 Å². The predicted molar refractivity (Wildman–Crippen MR) is 78.6 cm³/mol. The monoisotopic (exact) mass is 267 g/mol. The third-order valence-electron chi connectivity index (χ3n) is 3.79. The van der Waals surface area contributed by atoms with Gasteiger partial charge in [-0.05, 0) is 41.7 Å². The molecule has 0 fully saturated rings. The van der Waals surface area contributed by atoms with Gasteiger partial charge >= 0.3 is 5.97 Å². The molecule has 2 aromatic rings. The fourth-order valence-corrected chi connectivity index (χ4v) is 2.83. The van der Waals surface area contributed by atoms with Gasteiger partial charge in [0.2, 0.25) is 0 Å². The Morgan fingerprint density at radius 2 is 1.90 bits per heavy atom. The number of carboxylic acid groups (broad SMARTS) is 1. The van der Waals surface area contributed by atoms with Gasteiger partial charge in [-0.2, -0.15) is 0 Å². The van der Waals surface area contributed by atoms with E-state index in [0.717, 1.165) is 28.7 Å². The molecule has 102 valence electrons. The molecule has 0 saturated carbocycles. The van der Waals surface area contributed by atoms with E-state index < -0.39 is 12.0 Å². The second-order valence-corrected chi connectivity index (χ2v) is 5.32. The Labute approximate surface area is 118 Å². The van der Waals surface area contributed by atoms with E-state index >= 15 is 0 Å². The molecule has 0 aromatic heterocycles. The Hall–Kier alpha value is -2.13. The lowest BCUT2D eigenvalue weighted by Gasteiger charge is -2.29. The van der Waals surface area contributed by atoms with E-state index in [-0.39, 0.29) is 6.04 Å². The van der Waals surface area contributed by atoms with Crippen LogP contribution >= 0.6 is 0 Å². The number of nitrogens with one attached hydrogen (secondary N) is 1. The molecule has 2 atom stereocenters. The molecule has 0 aliphatic carbocycles. The molecule has 2 unspecified atom stereocenters. The number of hydrogen-bond acceptors (Lipinski definition) is 2. The van der Waals surface area contributed by atoms with Gasteiger partial charge in [-0.25, -0.2) is 0 Å². The molecule has 2 N–H and O–H groups in total. The first-order valence-corrected chi connectivity index (χ1v) is 6.82. The van der Waals surface area contributed by atoms with Gasteiger partial charge < -0.3 is 5.11 Å². The van der Waals surface area contributed by atoms with Crippen LogP contribution in [-0.4, -0.2) is 17.1 Å². The second kappa shape index (κ2) is 5.10. The topological polar surface area (TPSA) is 49.3 Å². The molecule has 1 aliphatic rings. The minimum absolute atomic E-state index is 0.186. The zero-order valence-corrected chi connectivity index (χ0v) is 11.3. The molecule has 0 spiro atoms. The predicted octanol–water partition coefficient (Wildman–Crippen LogP) is 3.01. The molecule has 1 heterocycles. The Morgan fingerprint density at radius 3 is 2.60 bits per heavy atom. The minimum atomic E-state index is -0.817. The standard InChI is InChI=1S/C17H17NO2/c1-11-9-14-8-7-13(12-5-3-2-4-6-12)10-15(14)16(18-11)17(19)20/h2-8,10-11,16,18H,9H2,1H3,(H,19,20). The van der Waals surface area contributed by atoms with Crippen LogP contribution in [0.4, 0.5) is 0 Å². The highest BCUT2D eigenvalue weighted by molar-refractivity contribution is 5.78. The molecule has 0 bridgehead atoms. The number of fused-ring (bicyclic) bond motifs is 1. The SMILES string of the molecule is CC1Cc2ccc(-c3ccccc3)cc2C(C(=O)O)N1. The van der Waals surface area contributed by atoms with Crippen molar-refractivity contribution in [2.45, 2.75) is 25.4 Å². The van der Waals surface area contributed by atoms with Crippen molar-refractivity contribution in [3.05, 3.63) is 59.7 Å². The summed E-state index contributed by atoms with van der Waals surface area (Å²) in [6.45, 7) is 2.02. The second-order valence-electron chi connectivity index (χ2n) is 5.32. The van der Waals surface area contributed by atoms with Gasteiger partial charge in [0.1, 0.15) is 6.04 Å². The highest BCUT2D eigenvalue weighted by atomic mass is 16.4. The third-order valence-corrected chi connectivity index (χ3v) is 3.79. The van der Waals surface area contributed by atoms with Crippen molar-refractivity contribution < 1.29 is 9.90 Å². The average Bonchev–Trinajstić information content (AvgIpc) is 2.46. The van der Waals surface area contributed by atoms with Gasteiger partial charge in [0.25, 0.3) is 0 Å². The maximum Gasteiger partial charge on any atom is 0.325 e. The van der Waals surface area contributed by atoms with Crippen LogP contribution in [0.3, 0.4) is 0 Å². The number of rotatable bonds is 2. The van der Waals surface area contributed by atoms with Crippen molar-refractivity contribution in [1.82, 2.24) is 5.32 Å². The fourth-order valence-electron chi connectivity index (χ4n) is 2.83. The van der Waals surface area contributed by atoms with Crippen molar-refractivity contribution in [3.8, 4) is 11.1 Å². The molecule has 3 nitrogen and oxygen atoms in total. The first-order chi connectivity index (χ1) is 9.65. The lowest BCUT2D eigenvalue weighted by molar-refractivity contribution is -0.140. The van der Waals surface area contributed by atoms with Crippen LogP contribution in [0.15, 0.2) is 48.5 Å². The molecular formula is C17H17NO2. The lowest BCUT2D eigenvalue weighted by atomic mass is 9.88. The highest BCUT2D eigenvalue weighted by Gasteiger charge is 2.29. The normalized spacial score (nSPS) is 21.2. The Kier molecular flexibility index (Phi) is 3.28. The van der Waals surface area contributed by atoms with Crippen LogP contribution < -0.4 is 5.32 Å². The summed E-state index contributed by atoms with van der Waals surface area (Å²) in [5, 5.41) is 12.6. The van der Waals surface area contributed by atoms with E-state index in [1.807, 2.05) is 43.3 Å². The number of hydrogen-bond donors (Lipinski definition) is 2. The third kappa shape index (κ3) is 2.32. The van der Waals surface area contributed by atoms with Crippen LogP contribution in [0.1, 0.15) is 24.1 Å². The van der Waals surface area contributed by atoms with Gasteiger partial charge in [-0.3, -0.25) is 10.1 Å². The molecule has 0 amide bonds. The first kappa shape index (κ1) is 12.9. The molecule has 0 saturated heterocycles. The van der Waals surface area contributed by atoms with Crippen molar-refractivity contribution in [1.29, 1.82) is 0 Å². The summed E-state index contributed by atoms with van der Waals surface area (Å²) in [6, 6.07) is 15.7. The van der Waals surface area contributed by atoms with Crippen LogP contribution in [-0.2, 0) is 11.2 Å². The first-order valence-electron chi connectivity index (χ1n) is 6.82. The highest BCUT2D eigenvalue weighted by Crippen LogP contribution is 2.30. The van der Waals surface area contributed by atoms with Crippen LogP contribution in [0.2, 0.25) is 0 Å². The summed E-state index contributed by atoms with van der Waals surface area (Å²) in [6.07, 6.45) is 0.869. The van der Waals surface area contributed by atoms with E-state index in [0.29, 0.717) is 0 Å². The van der Waals surface area contributed by atoms with Crippen molar-refractivity contribution in [2.24, 2.45) is 0 Å². The Balaban J connectivity index is 2.07. The quantitative estimate of drug-likeness (QED) is 0.879. The van der Waals surface area contributed by atoms with E-state index in [2.05, 4.69) is 17.4 Å². The van der Waals surface area contributed by atoms with E-state index in [9.17, 15) is 9.90 Å². The average molecular weight is 267 g/mol. The summed E-state index contributed by atoms with van der Waals surface area (Å²) >= 11 is 0. The number of carbonyl (C=O) groups is 1. The van der Waals surface area contributed by atoms with Gasteiger partial charge in [-0.1, -0.05) is 42.5 Å². The molecule has 20 heavy (non-hydrogen) atoms. The van der Waals surface area contributed by atoms with Gasteiger partial charge in [0.15, 0.2) is 0 Å². The molecule has 3 heteroatoms. The Morgan fingerprint density at radius 1 is 1.15 bits per heavy atom. The lowest BCUT2D eigenvalue weighted by Crippen LogP contribution is -2.41. The summed E-state index contributed by atoms with van der Waals surface area (Å²) in [7, 11) is 0. The van der Waals surface area contributed by atoms with E-state index in [4.69, 9.17) is 0 Å². The zero-order chi connectivity index (χ0) is 14.1. The van der Waals surface area contributed by atoms with Gasteiger partial charge in [-0.15, -0.1) is 0 Å².